The summed E-state index contributed by atoms with van der Waals surface area (Å²) in [5, 5.41) is 6.08. The Hall–Kier alpha value is -2.26. The number of halogens is 1. The zero-order valence-corrected chi connectivity index (χ0v) is 21.3. The van der Waals surface area contributed by atoms with Crippen molar-refractivity contribution in [2.75, 3.05) is 0 Å². The Labute approximate surface area is 202 Å². The molecule has 7 nitrogen and oxygen atoms in total. The van der Waals surface area contributed by atoms with E-state index >= 15 is 0 Å². The number of aryl methyl sites for hydroxylation is 2. The number of hydrogen-bond donors (Lipinski definition) is 2. The molecule has 1 saturated heterocycles. The topological polar surface area (TPSA) is 131 Å². The van der Waals surface area contributed by atoms with Crippen molar-refractivity contribution in [3.05, 3.63) is 65.0 Å². The molecule has 1 aliphatic heterocycles. The van der Waals surface area contributed by atoms with Gasteiger partial charge in [-0.2, -0.15) is 0 Å². The highest BCUT2D eigenvalue weighted by Gasteiger charge is 2.40. The maximum Gasteiger partial charge on any atom is 0.213 e. The largest absolute Gasteiger partial charge is 0.456 e. The van der Waals surface area contributed by atoms with Crippen LogP contribution in [0.4, 0.5) is 0 Å². The van der Waals surface area contributed by atoms with E-state index in [0.717, 1.165) is 40.5 Å². The van der Waals surface area contributed by atoms with Gasteiger partial charge in [-0.25, -0.2) is 23.6 Å². The molecule has 0 unspecified atom stereocenters. The Morgan fingerprint density at radius 2 is 1.38 bits per heavy atom. The Kier molecular flexibility index (Phi) is 7.57. The van der Waals surface area contributed by atoms with E-state index in [4.69, 9.17) is 23.1 Å². The monoisotopic (exact) mass is 488 g/mol. The summed E-state index contributed by atoms with van der Waals surface area (Å²) >= 11 is 0. The summed E-state index contributed by atoms with van der Waals surface area (Å²) in [4.78, 5) is 3.88. The van der Waals surface area contributed by atoms with E-state index in [-0.39, 0.29) is 11.1 Å². The second-order valence-corrected chi connectivity index (χ2v) is 11.2. The van der Waals surface area contributed by atoms with E-state index in [9.17, 15) is 0 Å². The lowest BCUT2D eigenvalue weighted by Crippen LogP contribution is -2.86. The van der Waals surface area contributed by atoms with Crippen LogP contribution in [-0.2, 0) is 0 Å². The standard InChI is InChI=1S/C26H32N2O.ClHO4/c1-17-7-10-19(11-8-17)24-14-22(21-13-18(2)9-12-23(21)29-24)27-20-15-25(3,4)28-26(5,6)16-20;2-1(3,4)5/h7-14,20,28H,15-16H2,1-6H3;(H,2,3,4,5). The van der Waals surface area contributed by atoms with E-state index in [2.05, 4.69) is 100 Å². The molecular weight excluding hydrogens is 456 g/mol. The molecule has 0 aliphatic carbocycles. The van der Waals surface area contributed by atoms with Gasteiger partial charge in [0.25, 0.3) is 0 Å². The third kappa shape index (κ3) is 7.63. The van der Waals surface area contributed by atoms with Crippen LogP contribution in [0.1, 0.15) is 51.7 Å². The van der Waals surface area contributed by atoms with E-state index in [0.29, 0.717) is 6.04 Å². The van der Waals surface area contributed by atoms with Crippen LogP contribution < -0.4 is 34.3 Å². The first-order valence-electron chi connectivity index (χ1n) is 11.2. The number of piperidine rings is 1. The zero-order chi connectivity index (χ0) is 25.3. The predicted molar refractivity (Wildman–Crippen MR) is 120 cm³/mol. The van der Waals surface area contributed by atoms with Crippen molar-refractivity contribution in [1.82, 2.24) is 5.32 Å². The molecule has 0 amide bonds. The van der Waals surface area contributed by atoms with Crippen molar-refractivity contribution in [3.63, 3.8) is 0 Å². The summed E-state index contributed by atoms with van der Waals surface area (Å²) in [5.41, 5.74) is 4.72. The Morgan fingerprint density at radius 3 is 1.94 bits per heavy atom. The summed E-state index contributed by atoms with van der Waals surface area (Å²) < 4.78 is 40.3. The molecule has 8 heteroatoms. The van der Waals surface area contributed by atoms with Gasteiger partial charge >= 0.3 is 0 Å². The van der Waals surface area contributed by atoms with Crippen molar-refractivity contribution in [3.8, 4) is 11.3 Å². The number of benzene rings is 2. The SMILES string of the molecule is Cc1ccc(-c2cc(=[NH+]C3CC(C)(C)NC(C)(C)C3)c3cc(C)ccc3o2)cc1.[O-][Cl+3]([O-])([O-])[O-]. The van der Waals surface area contributed by atoms with E-state index in [1.807, 2.05) is 0 Å². The molecule has 2 N–H and O–H groups in total. The number of fused-ring (bicyclic) bond motifs is 1. The average molecular weight is 489 g/mol. The number of nitrogens with one attached hydrogen (secondary N) is 2. The lowest BCUT2D eigenvalue weighted by molar-refractivity contribution is -2.00. The van der Waals surface area contributed by atoms with Gasteiger partial charge in [0, 0.05) is 29.5 Å². The van der Waals surface area contributed by atoms with Gasteiger partial charge in [0.1, 0.15) is 11.3 Å². The van der Waals surface area contributed by atoms with Crippen LogP contribution in [0.15, 0.2) is 52.9 Å². The fraction of sp³-hybridized carbons (Fsp3) is 0.423. The number of hydrogen-bond acceptors (Lipinski definition) is 6. The first-order chi connectivity index (χ1) is 15.6. The van der Waals surface area contributed by atoms with Crippen LogP contribution >= 0.6 is 0 Å². The summed E-state index contributed by atoms with van der Waals surface area (Å²) in [6.07, 6.45) is 2.16. The van der Waals surface area contributed by atoms with E-state index in [1.165, 1.54) is 11.1 Å². The van der Waals surface area contributed by atoms with Gasteiger partial charge in [0.15, 0.2) is 6.04 Å². The summed E-state index contributed by atoms with van der Waals surface area (Å²) in [6.45, 7) is 13.4. The highest BCUT2D eigenvalue weighted by atomic mass is 35.7. The van der Waals surface area contributed by atoms with Gasteiger partial charge in [0.2, 0.25) is 5.36 Å². The summed E-state index contributed by atoms with van der Waals surface area (Å²) in [6, 6.07) is 17.5. The molecule has 34 heavy (non-hydrogen) atoms. The zero-order valence-electron chi connectivity index (χ0n) is 20.5. The van der Waals surface area contributed by atoms with Crippen LogP contribution in [0.5, 0.6) is 0 Å². The molecule has 1 aromatic heterocycles. The van der Waals surface area contributed by atoms with Gasteiger partial charge in [-0.1, -0.05) is 41.5 Å². The fourth-order valence-corrected chi connectivity index (χ4v) is 4.92. The fourth-order valence-electron chi connectivity index (χ4n) is 4.92. The molecule has 0 radical (unpaired) electrons. The molecule has 2 aromatic carbocycles. The molecule has 4 rings (SSSR count). The molecule has 2 heterocycles. The highest BCUT2D eigenvalue weighted by Crippen LogP contribution is 2.27. The lowest BCUT2D eigenvalue weighted by Gasteiger charge is -2.43. The Morgan fingerprint density at radius 1 is 0.853 bits per heavy atom. The minimum Gasteiger partial charge on any atom is -0.456 e. The van der Waals surface area contributed by atoms with Crippen molar-refractivity contribution >= 4 is 11.0 Å². The first kappa shape index (κ1) is 26.3. The van der Waals surface area contributed by atoms with Gasteiger partial charge in [-0.3, -0.25) is 0 Å². The third-order valence-electron chi connectivity index (χ3n) is 5.81. The summed E-state index contributed by atoms with van der Waals surface area (Å²) in [5.74, 6) is 0.899. The van der Waals surface area contributed by atoms with E-state index in [1.54, 1.807) is 0 Å². The van der Waals surface area contributed by atoms with Gasteiger partial charge in [-0.05, 0) is 53.7 Å². The van der Waals surface area contributed by atoms with Crippen LogP contribution in [0.2, 0.25) is 0 Å². The first-order valence-corrected chi connectivity index (χ1v) is 12.5. The summed E-state index contributed by atoms with van der Waals surface area (Å²) in [7, 11) is -4.94. The van der Waals surface area contributed by atoms with Gasteiger partial charge in [-0.15, -0.1) is 10.2 Å². The molecule has 0 bridgehead atoms. The van der Waals surface area contributed by atoms with Crippen LogP contribution in [0.25, 0.3) is 22.3 Å². The molecule has 0 saturated carbocycles. The molecule has 1 fully saturated rings. The Bertz CT molecular complexity index is 1190. The van der Waals surface area contributed by atoms with Crippen LogP contribution in [0, 0.1) is 24.1 Å². The van der Waals surface area contributed by atoms with Crippen molar-refractivity contribution in [2.24, 2.45) is 0 Å². The maximum atomic E-state index is 8.49. The lowest BCUT2D eigenvalue weighted by atomic mass is 9.80. The molecule has 184 valence electrons. The minimum atomic E-state index is -4.94. The second-order valence-electron chi connectivity index (χ2n) is 10.4. The predicted octanol–water partition coefficient (Wildman–Crippen LogP) is -0.749. The molecule has 0 atom stereocenters. The van der Waals surface area contributed by atoms with Gasteiger partial charge < -0.3 is 9.73 Å². The quantitative estimate of drug-likeness (QED) is 0.488. The Balaban J connectivity index is 0.000000588. The van der Waals surface area contributed by atoms with Crippen LogP contribution in [0.3, 0.4) is 0 Å². The van der Waals surface area contributed by atoms with Crippen molar-refractivity contribution in [2.45, 2.75) is 71.5 Å². The second kappa shape index (κ2) is 9.77. The highest BCUT2D eigenvalue weighted by molar-refractivity contribution is 5.78. The third-order valence-corrected chi connectivity index (χ3v) is 5.81. The molecule has 0 spiro atoms. The van der Waals surface area contributed by atoms with Crippen molar-refractivity contribution in [1.29, 1.82) is 0 Å². The van der Waals surface area contributed by atoms with Gasteiger partial charge in [0.05, 0.1) is 11.5 Å². The van der Waals surface area contributed by atoms with E-state index < -0.39 is 10.2 Å². The van der Waals surface area contributed by atoms with Crippen molar-refractivity contribution < 1.29 is 38.3 Å². The minimum absolute atomic E-state index is 0.101. The maximum absolute atomic E-state index is 8.49. The molecular formula is C26H33ClN2O5. The van der Waals surface area contributed by atoms with Crippen LogP contribution in [-0.4, -0.2) is 17.1 Å². The normalized spacial score (nSPS) is 18.5. The molecule has 3 aromatic rings. The molecule has 1 aliphatic rings. The smallest absolute Gasteiger partial charge is 0.213 e. The number of rotatable bonds is 2. The average Bonchev–Trinajstić information content (AvgIpc) is 2.65.